The highest BCUT2D eigenvalue weighted by Gasteiger charge is 2.15. The Morgan fingerprint density at radius 3 is 2.85 bits per heavy atom. The quantitative estimate of drug-likeness (QED) is 0.618. The second kappa shape index (κ2) is 8.75. The summed E-state index contributed by atoms with van der Waals surface area (Å²) < 4.78 is 0. The van der Waals surface area contributed by atoms with Crippen LogP contribution in [0, 0.1) is 18.8 Å². The van der Waals surface area contributed by atoms with Crippen LogP contribution < -0.4 is 5.73 Å². The van der Waals surface area contributed by atoms with Crippen LogP contribution in [0.4, 0.5) is 0 Å². The summed E-state index contributed by atoms with van der Waals surface area (Å²) >= 11 is 1.42. The monoisotopic (exact) mass is 294 g/mol. The highest BCUT2D eigenvalue weighted by atomic mass is 32.1. The predicted octanol–water partition coefficient (Wildman–Crippen LogP) is 1.60. The number of hydrogen-bond donors (Lipinski definition) is 2. The summed E-state index contributed by atoms with van der Waals surface area (Å²) in [5.74, 6) is 5.84. The van der Waals surface area contributed by atoms with Crippen molar-refractivity contribution in [3.63, 3.8) is 0 Å². The maximum Gasteiger partial charge on any atom is 0.263 e. The minimum atomic E-state index is 0.0305. The number of thiophene rings is 1. The molecule has 1 aromatic heterocycles. The molecule has 0 unspecified atom stereocenters. The maximum atomic E-state index is 12.3. The standard InChI is InChI=1S/C15H22N2O2S/c1-12-11-14(20-13(12)7-6-8-16)15(19)17(2)9-4-3-5-10-18/h11,18H,3-5,8-10,16H2,1-2H3. The van der Waals surface area contributed by atoms with Gasteiger partial charge in [0, 0.05) is 20.2 Å². The van der Waals surface area contributed by atoms with E-state index in [0.29, 0.717) is 18.0 Å². The van der Waals surface area contributed by atoms with Crippen LogP contribution in [0.5, 0.6) is 0 Å². The van der Waals surface area contributed by atoms with E-state index >= 15 is 0 Å². The van der Waals surface area contributed by atoms with E-state index in [0.717, 1.165) is 29.7 Å². The highest BCUT2D eigenvalue weighted by Crippen LogP contribution is 2.22. The number of amides is 1. The van der Waals surface area contributed by atoms with E-state index in [1.807, 2.05) is 20.0 Å². The van der Waals surface area contributed by atoms with Gasteiger partial charge in [0.25, 0.3) is 5.91 Å². The van der Waals surface area contributed by atoms with Crippen LogP contribution in [0.2, 0.25) is 0 Å². The van der Waals surface area contributed by atoms with E-state index in [4.69, 9.17) is 10.8 Å². The minimum absolute atomic E-state index is 0.0305. The molecule has 0 atom stereocenters. The Morgan fingerprint density at radius 1 is 1.45 bits per heavy atom. The third-order valence-corrected chi connectivity index (χ3v) is 4.07. The van der Waals surface area contributed by atoms with E-state index < -0.39 is 0 Å². The fourth-order valence-corrected chi connectivity index (χ4v) is 2.81. The molecule has 0 bridgehead atoms. The van der Waals surface area contributed by atoms with Crippen molar-refractivity contribution in [2.75, 3.05) is 26.7 Å². The topological polar surface area (TPSA) is 66.6 Å². The van der Waals surface area contributed by atoms with Crippen molar-refractivity contribution < 1.29 is 9.90 Å². The number of aliphatic hydroxyl groups excluding tert-OH is 1. The maximum absolute atomic E-state index is 12.3. The summed E-state index contributed by atoms with van der Waals surface area (Å²) in [7, 11) is 1.81. The molecule has 0 radical (unpaired) electrons. The zero-order chi connectivity index (χ0) is 15.0. The van der Waals surface area contributed by atoms with Gasteiger partial charge < -0.3 is 15.7 Å². The van der Waals surface area contributed by atoms with Gasteiger partial charge >= 0.3 is 0 Å². The van der Waals surface area contributed by atoms with E-state index in [1.165, 1.54) is 11.3 Å². The lowest BCUT2D eigenvalue weighted by molar-refractivity contribution is 0.0797. The fourth-order valence-electron chi connectivity index (χ4n) is 1.77. The zero-order valence-corrected chi connectivity index (χ0v) is 12.9. The van der Waals surface area contributed by atoms with E-state index in [-0.39, 0.29) is 12.5 Å². The van der Waals surface area contributed by atoms with Crippen LogP contribution >= 0.6 is 11.3 Å². The van der Waals surface area contributed by atoms with Crippen LogP contribution in [0.15, 0.2) is 6.07 Å². The molecule has 0 spiro atoms. The molecular formula is C15H22N2O2S. The number of rotatable bonds is 6. The van der Waals surface area contributed by atoms with Crippen molar-refractivity contribution in [2.24, 2.45) is 5.73 Å². The number of hydrogen-bond acceptors (Lipinski definition) is 4. The summed E-state index contributed by atoms with van der Waals surface area (Å²) in [6.45, 7) is 3.20. The number of aliphatic hydroxyl groups is 1. The number of nitrogens with two attached hydrogens (primary N) is 1. The summed E-state index contributed by atoms with van der Waals surface area (Å²) in [6, 6.07) is 1.89. The number of carbonyl (C=O) groups is 1. The minimum Gasteiger partial charge on any atom is -0.396 e. The van der Waals surface area contributed by atoms with Gasteiger partial charge in [-0.25, -0.2) is 0 Å². The number of aryl methyl sites for hydroxylation is 1. The molecule has 110 valence electrons. The molecule has 0 fully saturated rings. The first kappa shape index (κ1) is 16.7. The molecule has 0 aliphatic heterocycles. The molecular weight excluding hydrogens is 272 g/mol. The van der Waals surface area contributed by atoms with Crippen LogP contribution in [0.3, 0.4) is 0 Å². The molecule has 4 nitrogen and oxygen atoms in total. The summed E-state index contributed by atoms with van der Waals surface area (Å²) in [4.78, 5) is 15.6. The van der Waals surface area contributed by atoms with Crippen molar-refractivity contribution in [1.82, 2.24) is 4.90 Å². The van der Waals surface area contributed by atoms with Gasteiger partial charge in [0.1, 0.15) is 0 Å². The molecule has 0 saturated carbocycles. The average molecular weight is 294 g/mol. The van der Waals surface area contributed by atoms with Crippen LogP contribution in [0.25, 0.3) is 0 Å². The van der Waals surface area contributed by atoms with Gasteiger partial charge in [-0.2, -0.15) is 0 Å². The molecule has 1 rings (SSSR count). The Labute approximate surface area is 124 Å². The molecule has 0 aliphatic rings. The molecule has 1 amide bonds. The smallest absolute Gasteiger partial charge is 0.263 e. The van der Waals surface area contributed by atoms with Gasteiger partial charge in [0.15, 0.2) is 0 Å². The number of nitrogens with zero attached hydrogens (tertiary/aromatic N) is 1. The molecule has 1 heterocycles. The van der Waals surface area contributed by atoms with Crippen LogP contribution in [-0.2, 0) is 0 Å². The fraction of sp³-hybridized carbons (Fsp3) is 0.533. The summed E-state index contributed by atoms with van der Waals surface area (Å²) in [6.07, 6.45) is 2.64. The molecule has 0 aromatic carbocycles. The van der Waals surface area contributed by atoms with Gasteiger partial charge in [-0.15, -0.1) is 11.3 Å². The molecule has 1 aromatic rings. The Kier molecular flexibility index (Phi) is 7.31. The first-order valence-electron chi connectivity index (χ1n) is 6.75. The van der Waals surface area contributed by atoms with E-state index in [9.17, 15) is 4.79 Å². The number of unbranched alkanes of at least 4 members (excludes halogenated alkanes) is 2. The molecule has 5 heteroatoms. The van der Waals surface area contributed by atoms with Crippen molar-refractivity contribution in [3.8, 4) is 11.8 Å². The predicted molar refractivity (Wildman–Crippen MR) is 82.9 cm³/mol. The lowest BCUT2D eigenvalue weighted by Crippen LogP contribution is -2.27. The van der Waals surface area contributed by atoms with Crippen molar-refractivity contribution in [1.29, 1.82) is 0 Å². The third kappa shape index (κ3) is 4.97. The van der Waals surface area contributed by atoms with Gasteiger partial charge in [-0.1, -0.05) is 11.8 Å². The van der Waals surface area contributed by atoms with Crippen molar-refractivity contribution in [3.05, 3.63) is 21.4 Å². The molecule has 0 saturated heterocycles. The van der Waals surface area contributed by atoms with Crippen LogP contribution in [0.1, 0.15) is 39.4 Å². The van der Waals surface area contributed by atoms with Crippen molar-refractivity contribution >= 4 is 17.2 Å². The van der Waals surface area contributed by atoms with Gasteiger partial charge in [0.05, 0.1) is 16.3 Å². The van der Waals surface area contributed by atoms with E-state index in [2.05, 4.69) is 11.8 Å². The Morgan fingerprint density at radius 2 is 2.20 bits per heavy atom. The van der Waals surface area contributed by atoms with Gasteiger partial charge in [-0.05, 0) is 37.8 Å². The average Bonchev–Trinajstić information content (AvgIpc) is 2.81. The second-order valence-electron chi connectivity index (χ2n) is 4.64. The molecule has 0 aliphatic carbocycles. The second-order valence-corrected chi connectivity index (χ2v) is 5.69. The largest absolute Gasteiger partial charge is 0.396 e. The third-order valence-electron chi connectivity index (χ3n) is 2.93. The van der Waals surface area contributed by atoms with Gasteiger partial charge in [-0.3, -0.25) is 4.79 Å². The normalized spacial score (nSPS) is 10.0. The Balaban J connectivity index is 2.62. The first-order valence-corrected chi connectivity index (χ1v) is 7.57. The lowest BCUT2D eigenvalue weighted by atomic mass is 10.2. The van der Waals surface area contributed by atoms with Gasteiger partial charge in [0.2, 0.25) is 0 Å². The van der Waals surface area contributed by atoms with Crippen LogP contribution in [-0.4, -0.2) is 42.7 Å². The SMILES string of the molecule is Cc1cc(C(=O)N(C)CCCCCO)sc1C#CCN. The number of carbonyl (C=O) groups excluding carboxylic acids is 1. The molecule has 3 N–H and O–H groups in total. The first-order chi connectivity index (χ1) is 9.60. The zero-order valence-electron chi connectivity index (χ0n) is 12.1. The lowest BCUT2D eigenvalue weighted by Gasteiger charge is -2.15. The highest BCUT2D eigenvalue weighted by molar-refractivity contribution is 7.14. The Hall–Kier alpha value is -1.35. The summed E-state index contributed by atoms with van der Waals surface area (Å²) in [5, 5.41) is 8.72. The molecule has 20 heavy (non-hydrogen) atoms. The Bertz CT molecular complexity index is 500. The van der Waals surface area contributed by atoms with Crippen molar-refractivity contribution in [2.45, 2.75) is 26.2 Å². The summed E-state index contributed by atoms with van der Waals surface area (Å²) in [5.41, 5.74) is 6.38. The van der Waals surface area contributed by atoms with E-state index in [1.54, 1.807) is 4.90 Å².